The zero-order chi connectivity index (χ0) is 8.97. The van der Waals surface area contributed by atoms with Crippen molar-refractivity contribution in [2.24, 2.45) is 0 Å². The maximum Gasteiger partial charge on any atom is 0.0727 e. The third kappa shape index (κ3) is 2.17. The molecule has 1 aromatic heterocycles. The number of hydrogen-bond acceptors (Lipinski definition) is 3. The fraction of sp³-hybridized carbons (Fsp3) is 0.375. The minimum Gasteiger partial charge on any atom is -0.394 e. The SMILES string of the molecule is CNC(CO)c1ccc(Cl)cn1. The highest BCUT2D eigenvalue weighted by molar-refractivity contribution is 6.30. The van der Waals surface area contributed by atoms with E-state index in [1.54, 1.807) is 25.4 Å². The third-order valence-corrected chi connectivity index (χ3v) is 1.86. The molecule has 1 rings (SSSR count). The number of aliphatic hydroxyl groups is 1. The summed E-state index contributed by atoms with van der Waals surface area (Å²) in [5.41, 5.74) is 0.796. The number of halogens is 1. The molecule has 1 unspecified atom stereocenters. The molecule has 4 heteroatoms. The lowest BCUT2D eigenvalue weighted by Gasteiger charge is -2.11. The van der Waals surface area contributed by atoms with Crippen molar-refractivity contribution in [1.82, 2.24) is 10.3 Å². The zero-order valence-corrected chi connectivity index (χ0v) is 7.54. The summed E-state index contributed by atoms with van der Waals surface area (Å²) in [5, 5.41) is 12.4. The Labute approximate surface area is 76.4 Å². The van der Waals surface area contributed by atoms with E-state index in [0.717, 1.165) is 5.69 Å². The lowest BCUT2D eigenvalue weighted by Crippen LogP contribution is -2.20. The number of pyridine rings is 1. The summed E-state index contributed by atoms with van der Waals surface area (Å²) in [4.78, 5) is 4.07. The van der Waals surface area contributed by atoms with E-state index in [-0.39, 0.29) is 12.6 Å². The summed E-state index contributed by atoms with van der Waals surface area (Å²) in [5.74, 6) is 0. The molecule has 1 atom stereocenters. The van der Waals surface area contributed by atoms with Gasteiger partial charge in [-0.1, -0.05) is 11.6 Å². The zero-order valence-electron chi connectivity index (χ0n) is 6.79. The number of rotatable bonds is 3. The van der Waals surface area contributed by atoms with Crippen LogP contribution >= 0.6 is 11.6 Å². The molecule has 1 aromatic rings. The maximum absolute atomic E-state index is 8.91. The Kier molecular flexibility index (Phi) is 3.47. The standard InChI is InChI=1S/C8H11ClN2O/c1-10-8(5-12)7-3-2-6(9)4-11-7/h2-4,8,10,12H,5H2,1H3. The van der Waals surface area contributed by atoms with E-state index >= 15 is 0 Å². The summed E-state index contributed by atoms with van der Waals surface area (Å²) in [7, 11) is 1.77. The highest BCUT2D eigenvalue weighted by Gasteiger charge is 2.07. The van der Waals surface area contributed by atoms with Gasteiger partial charge in [0.25, 0.3) is 0 Å². The van der Waals surface area contributed by atoms with Crippen molar-refractivity contribution in [1.29, 1.82) is 0 Å². The Morgan fingerprint density at radius 2 is 2.42 bits per heavy atom. The number of aliphatic hydroxyl groups excluding tert-OH is 1. The van der Waals surface area contributed by atoms with Crippen molar-refractivity contribution in [3.8, 4) is 0 Å². The topological polar surface area (TPSA) is 45.1 Å². The fourth-order valence-electron chi connectivity index (χ4n) is 0.926. The van der Waals surface area contributed by atoms with Crippen LogP contribution in [0.3, 0.4) is 0 Å². The number of nitrogens with zero attached hydrogens (tertiary/aromatic N) is 1. The van der Waals surface area contributed by atoms with E-state index < -0.39 is 0 Å². The fourth-order valence-corrected chi connectivity index (χ4v) is 1.04. The van der Waals surface area contributed by atoms with Gasteiger partial charge in [-0.3, -0.25) is 4.98 Å². The van der Waals surface area contributed by atoms with Gasteiger partial charge >= 0.3 is 0 Å². The molecule has 0 amide bonds. The van der Waals surface area contributed by atoms with Crippen LogP contribution in [0.4, 0.5) is 0 Å². The van der Waals surface area contributed by atoms with Crippen molar-refractivity contribution in [3.05, 3.63) is 29.0 Å². The highest BCUT2D eigenvalue weighted by atomic mass is 35.5. The van der Waals surface area contributed by atoms with Crippen LogP contribution in [0.5, 0.6) is 0 Å². The number of nitrogens with one attached hydrogen (secondary N) is 1. The van der Waals surface area contributed by atoms with Crippen molar-refractivity contribution in [2.45, 2.75) is 6.04 Å². The van der Waals surface area contributed by atoms with Gasteiger partial charge in [-0.2, -0.15) is 0 Å². The predicted molar refractivity (Wildman–Crippen MR) is 48.1 cm³/mol. The van der Waals surface area contributed by atoms with Crippen LogP contribution in [0.2, 0.25) is 5.02 Å². The van der Waals surface area contributed by atoms with E-state index in [0.29, 0.717) is 5.02 Å². The summed E-state index contributed by atoms with van der Waals surface area (Å²) >= 11 is 5.66. The molecule has 66 valence electrons. The molecule has 0 fully saturated rings. The number of hydrogen-bond donors (Lipinski definition) is 2. The van der Waals surface area contributed by atoms with Gasteiger partial charge in [0.2, 0.25) is 0 Å². The van der Waals surface area contributed by atoms with E-state index in [1.807, 2.05) is 0 Å². The van der Waals surface area contributed by atoms with E-state index in [4.69, 9.17) is 16.7 Å². The largest absolute Gasteiger partial charge is 0.394 e. The summed E-state index contributed by atoms with van der Waals surface area (Å²) in [6.07, 6.45) is 1.57. The van der Waals surface area contributed by atoms with Crippen LogP contribution in [-0.4, -0.2) is 23.7 Å². The molecule has 0 spiro atoms. The van der Waals surface area contributed by atoms with Crippen LogP contribution < -0.4 is 5.32 Å². The first-order valence-corrected chi connectivity index (χ1v) is 4.05. The van der Waals surface area contributed by atoms with Gasteiger partial charge in [0.15, 0.2) is 0 Å². The second-order valence-electron chi connectivity index (χ2n) is 2.43. The van der Waals surface area contributed by atoms with Crippen molar-refractivity contribution in [3.63, 3.8) is 0 Å². The van der Waals surface area contributed by atoms with Crippen molar-refractivity contribution < 1.29 is 5.11 Å². The van der Waals surface area contributed by atoms with Gasteiger partial charge in [0.05, 0.1) is 23.4 Å². The molecule has 0 aliphatic heterocycles. The maximum atomic E-state index is 8.91. The molecule has 0 radical (unpaired) electrons. The van der Waals surface area contributed by atoms with Crippen LogP contribution in [0, 0.1) is 0 Å². The molecule has 3 nitrogen and oxygen atoms in total. The van der Waals surface area contributed by atoms with Crippen LogP contribution in [-0.2, 0) is 0 Å². The van der Waals surface area contributed by atoms with Gasteiger partial charge < -0.3 is 10.4 Å². The van der Waals surface area contributed by atoms with Gasteiger partial charge in [-0.15, -0.1) is 0 Å². The molecule has 0 aliphatic rings. The molecular formula is C8H11ClN2O. The minimum atomic E-state index is -0.109. The van der Waals surface area contributed by atoms with E-state index in [1.165, 1.54) is 0 Å². The first-order valence-electron chi connectivity index (χ1n) is 3.67. The Hall–Kier alpha value is -0.640. The Bertz CT molecular complexity index is 233. The highest BCUT2D eigenvalue weighted by Crippen LogP contribution is 2.11. The van der Waals surface area contributed by atoms with Crippen LogP contribution in [0.15, 0.2) is 18.3 Å². The van der Waals surface area contributed by atoms with Crippen molar-refractivity contribution >= 4 is 11.6 Å². The molecule has 0 bridgehead atoms. The Morgan fingerprint density at radius 3 is 2.83 bits per heavy atom. The Morgan fingerprint density at radius 1 is 1.67 bits per heavy atom. The second-order valence-corrected chi connectivity index (χ2v) is 2.86. The van der Waals surface area contributed by atoms with Gasteiger partial charge in [-0.05, 0) is 19.2 Å². The Balaban J connectivity index is 2.80. The van der Waals surface area contributed by atoms with Gasteiger partial charge in [0, 0.05) is 6.20 Å². The van der Waals surface area contributed by atoms with Gasteiger partial charge in [0.1, 0.15) is 0 Å². The third-order valence-electron chi connectivity index (χ3n) is 1.64. The average molecular weight is 187 g/mol. The molecule has 0 aromatic carbocycles. The first kappa shape index (κ1) is 9.45. The molecule has 12 heavy (non-hydrogen) atoms. The summed E-state index contributed by atoms with van der Waals surface area (Å²) < 4.78 is 0. The first-order chi connectivity index (χ1) is 5.77. The predicted octanol–water partition coefficient (Wildman–Crippen LogP) is 0.988. The lowest BCUT2D eigenvalue weighted by molar-refractivity contribution is 0.248. The summed E-state index contributed by atoms with van der Waals surface area (Å²) in [6.45, 7) is 0.0329. The van der Waals surface area contributed by atoms with Gasteiger partial charge in [-0.25, -0.2) is 0 Å². The lowest BCUT2D eigenvalue weighted by atomic mass is 10.2. The van der Waals surface area contributed by atoms with Crippen molar-refractivity contribution in [2.75, 3.05) is 13.7 Å². The van der Waals surface area contributed by atoms with E-state index in [9.17, 15) is 0 Å². The van der Waals surface area contributed by atoms with Crippen LogP contribution in [0.1, 0.15) is 11.7 Å². The van der Waals surface area contributed by atoms with E-state index in [2.05, 4.69) is 10.3 Å². The second kappa shape index (κ2) is 4.40. The molecular weight excluding hydrogens is 176 g/mol. The molecule has 1 heterocycles. The molecule has 0 saturated carbocycles. The van der Waals surface area contributed by atoms with Crippen LogP contribution in [0.25, 0.3) is 0 Å². The smallest absolute Gasteiger partial charge is 0.0727 e. The number of likely N-dealkylation sites (N-methyl/N-ethyl adjacent to an activating group) is 1. The molecule has 0 saturated heterocycles. The normalized spacial score (nSPS) is 12.9. The molecule has 0 aliphatic carbocycles. The minimum absolute atomic E-state index is 0.0329. The quantitative estimate of drug-likeness (QED) is 0.740. The monoisotopic (exact) mass is 186 g/mol. The number of aromatic nitrogens is 1. The average Bonchev–Trinajstić information content (AvgIpc) is 2.10. The molecule has 2 N–H and O–H groups in total. The summed E-state index contributed by atoms with van der Waals surface area (Å²) in [6, 6.07) is 3.44.